The maximum atomic E-state index is 12.3. The van der Waals surface area contributed by atoms with Crippen LogP contribution < -0.4 is 9.62 Å². The topological polar surface area (TPSA) is 79.4 Å². The van der Waals surface area contributed by atoms with E-state index >= 15 is 0 Å². The third kappa shape index (κ3) is 3.97. The SMILES string of the molecule is CN(c1ccc2sc(C(=O)NCc3cccnc3)cc2c1)S(C)(=O)=O. The number of pyridine rings is 1. The van der Waals surface area contributed by atoms with E-state index in [-0.39, 0.29) is 5.91 Å². The van der Waals surface area contributed by atoms with Gasteiger partial charge in [0, 0.05) is 30.7 Å². The second kappa shape index (κ2) is 6.81. The zero-order chi connectivity index (χ0) is 18.0. The number of rotatable bonds is 5. The van der Waals surface area contributed by atoms with Gasteiger partial charge in [0.2, 0.25) is 10.0 Å². The Kier molecular flexibility index (Phi) is 4.73. The lowest BCUT2D eigenvalue weighted by atomic mass is 10.2. The Bertz CT molecular complexity index is 1010. The van der Waals surface area contributed by atoms with Gasteiger partial charge in [0.15, 0.2) is 0 Å². The number of sulfonamides is 1. The Morgan fingerprint density at radius 3 is 2.76 bits per heavy atom. The van der Waals surface area contributed by atoms with E-state index < -0.39 is 10.0 Å². The first-order chi connectivity index (χ1) is 11.8. The molecular weight excluding hydrogens is 358 g/mol. The molecule has 0 saturated carbocycles. The normalized spacial score (nSPS) is 11.4. The molecule has 1 amide bonds. The number of benzene rings is 1. The van der Waals surface area contributed by atoms with Crippen molar-refractivity contribution in [3.63, 3.8) is 0 Å². The molecule has 0 fully saturated rings. The number of fused-ring (bicyclic) bond motifs is 1. The number of nitrogens with one attached hydrogen (secondary N) is 1. The van der Waals surface area contributed by atoms with Gasteiger partial charge >= 0.3 is 0 Å². The Labute approximate surface area is 150 Å². The van der Waals surface area contributed by atoms with Crippen LogP contribution in [-0.2, 0) is 16.6 Å². The molecule has 6 nitrogen and oxygen atoms in total. The Morgan fingerprint density at radius 1 is 1.28 bits per heavy atom. The van der Waals surface area contributed by atoms with Gasteiger partial charge in [-0.3, -0.25) is 14.1 Å². The van der Waals surface area contributed by atoms with Gasteiger partial charge < -0.3 is 5.32 Å². The number of hydrogen-bond donors (Lipinski definition) is 1. The highest BCUT2D eigenvalue weighted by Crippen LogP contribution is 2.29. The highest BCUT2D eigenvalue weighted by Gasteiger charge is 2.15. The van der Waals surface area contributed by atoms with Crippen LogP contribution in [0, 0.1) is 0 Å². The number of amides is 1. The fraction of sp³-hybridized carbons (Fsp3) is 0.176. The summed E-state index contributed by atoms with van der Waals surface area (Å²) in [4.78, 5) is 16.9. The Morgan fingerprint density at radius 2 is 2.08 bits per heavy atom. The molecule has 0 aliphatic carbocycles. The van der Waals surface area contributed by atoms with E-state index in [0.717, 1.165) is 21.9 Å². The van der Waals surface area contributed by atoms with Gasteiger partial charge in [0.25, 0.3) is 5.91 Å². The number of carbonyl (C=O) groups excluding carboxylic acids is 1. The van der Waals surface area contributed by atoms with Crippen molar-refractivity contribution >= 4 is 43.0 Å². The second-order valence-electron chi connectivity index (χ2n) is 5.61. The summed E-state index contributed by atoms with van der Waals surface area (Å²) in [6.07, 6.45) is 4.54. The summed E-state index contributed by atoms with van der Waals surface area (Å²) in [6, 6.07) is 10.8. The van der Waals surface area contributed by atoms with E-state index in [1.165, 1.54) is 22.7 Å². The third-order valence-corrected chi connectivity index (χ3v) is 6.08. The predicted molar refractivity (Wildman–Crippen MR) is 100 cm³/mol. The summed E-state index contributed by atoms with van der Waals surface area (Å²) < 4.78 is 25.5. The number of carbonyl (C=O) groups is 1. The van der Waals surface area contributed by atoms with Crippen LogP contribution in [0.15, 0.2) is 48.8 Å². The van der Waals surface area contributed by atoms with E-state index in [4.69, 9.17) is 0 Å². The molecule has 0 unspecified atom stereocenters. The zero-order valence-electron chi connectivity index (χ0n) is 13.8. The van der Waals surface area contributed by atoms with Crippen molar-refractivity contribution in [1.29, 1.82) is 0 Å². The molecule has 2 aromatic heterocycles. The van der Waals surface area contributed by atoms with E-state index in [1.807, 2.05) is 18.2 Å². The zero-order valence-corrected chi connectivity index (χ0v) is 15.4. The van der Waals surface area contributed by atoms with Gasteiger partial charge in [0.05, 0.1) is 16.8 Å². The number of thiophene rings is 1. The molecular formula is C17H17N3O3S2. The smallest absolute Gasteiger partial charge is 0.261 e. The fourth-order valence-corrected chi connectivity index (χ4v) is 3.76. The lowest BCUT2D eigenvalue weighted by Gasteiger charge is -2.16. The first-order valence-corrected chi connectivity index (χ1v) is 10.2. The van der Waals surface area contributed by atoms with Crippen molar-refractivity contribution in [3.05, 3.63) is 59.2 Å². The quantitative estimate of drug-likeness (QED) is 0.743. The molecule has 1 N–H and O–H groups in total. The third-order valence-electron chi connectivity index (χ3n) is 3.76. The van der Waals surface area contributed by atoms with Crippen LogP contribution in [0.3, 0.4) is 0 Å². The summed E-state index contributed by atoms with van der Waals surface area (Å²) in [6.45, 7) is 0.406. The Hall–Kier alpha value is -2.45. The van der Waals surface area contributed by atoms with Gasteiger partial charge in [-0.15, -0.1) is 11.3 Å². The maximum Gasteiger partial charge on any atom is 0.261 e. The van der Waals surface area contributed by atoms with Crippen LogP contribution in [0.1, 0.15) is 15.2 Å². The van der Waals surface area contributed by atoms with Gasteiger partial charge in [-0.1, -0.05) is 6.07 Å². The molecule has 0 bridgehead atoms. The summed E-state index contributed by atoms with van der Waals surface area (Å²) in [5.41, 5.74) is 1.49. The number of anilines is 1. The molecule has 130 valence electrons. The standard InChI is InChI=1S/C17H17N3O3S2/c1-20(25(2,22)23)14-5-6-15-13(8-14)9-16(24-15)17(21)19-11-12-4-3-7-18-10-12/h3-10H,11H2,1-2H3,(H,19,21). The molecule has 3 rings (SSSR count). The van der Waals surface area contributed by atoms with Gasteiger partial charge in [-0.25, -0.2) is 8.42 Å². The minimum atomic E-state index is -3.32. The van der Waals surface area contributed by atoms with Crippen molar-refractivity contribution in [3.8, 4) is 0 Å². The highest BCUT2D eigenvalue weighted by atomic mass is 32.2. The van der Waals surface area contributed by atoms with Crippen LogP contribution in [0.25, 0.3) is 10.1 Å². The van der Waals surface area contributed by atoms with Crippen molar-refractivity contribution in [1.82, 2.24) is 10.3 Å². The predicted octanol–water partition coefficient (Wildman–Crippen LogP) is 2.62. The minimum Gasteiger partial charge on any atom is -0.347 e. The van der Waals surface area contributed by atoms with Gasteiger partial charge in [-0.05, 0) is 41.3 Å². The molecule has 8 heteroatoms. The lowest BCUT2D eigenvalue weighted by molar-refractivity contribution is 0.0955. The van der Waals surface area contributed by atoms with Crippen molar-refractivity contribution in [2.24, 2.45) is 0 Å². The highest BCUT2D eigenvalue weighted by molar-refractivity contribution is 7.92. The molecule has 0 atom stereocenters. The average Bonchev–Trinajstić information content (AvgIpc) is 3.02. The van der Waals surface area contributed by atoms with Crippen molar-refractivity contribution in [2.75, 3.05) is 17.6 Å². The fourth-order valence-electron chi connectivity index (χ4n) is 2.30. The largest absolute Gasteiger partial charge is 0.347 e. The molecule has 3 aromatic rings. The summed E-state index contributed by atoms with van der Waals surface area (Å²) >= 11 is 1.37. The summed E-state index contributed by atoms with van der Waals surface area (Å²) in [5, 5.41) is 3.70. The van der Waals surface area contributed by atoms with E-state index in [9.17, 15) is 13.2 Å². The monoisotopic (exact) mass is 375 g/mol. The lowest BCUT2D eigenvalue weighted by Crippen LogP contribution is -2.24. The molecule has 0 spiro atoms. The second-order valence-corrected chi connectivity index (χ2v) is 8.70. The van der Waals surface area contributed by atoms with Crippen LogP contribution >= 0.6 is 11.3 Å². The van der Waals surface area contributed by atoms with E-state index in [1.54, 1.807) is 30.6 Å². The maximum absolute atomic E-state index is 12.3. The first kappa shape index (κ1) is 17.4. The van der Waals surface area contributed by atoms with Crippen LogP contribution in [-0.4, -0.2) is 32.6 Å². The van der Waals surface area contributed by atoms with Crippen molar-refractivity contribution in [2.45, 2.75) is 6.54 Å². The average molecular weight is 375 g/mol. The first-order valence-electron chi connectivity index (χ1n) is 7.49. The van der Waals surface area contributed by atoms with Gasteiger partial charge in [-0.2, -0.15) is 0 Å². The van der Waals surface area contributed by atoms with Crippen LogP contribution in [0.5, 0.6) is 0 Å². The van der Waals surface area contributed by atoms with Crippen molar-refractivity contribution < 1.29 is 13.2 Å². The molecule has 25 heavy (non-hydrogen) atoms. The van der Waals surface area contributed by atoms with E-state index in [0.29, 0.717) is 17.1 Å². The molecule has 0 aliphatic heterocycles. The molecule has 1 aromatic carbocycles. The molecule has 0 saturated heterocycles. The van der Waals surface area contributed by atoms with Crippen LogP contribution in [0.4, 0.5) is 5.69 Å². The Balaban J connectivity index is 1.80. The minimum absolute atomic E-state index is 0.164. The van der Waals surface area contributed by atoms with Gasteiger partial charge in [0.1, 0.15) is 0 Å². The number of nitrogens with zero attached hydrogens (tertiary/aromatic N) is 2. The summed E-state index contributed by atoms with van der Waals surface area (Å²) in [5.74, 6) is -0.164. The summed E-state index contributed by atoms with van der Waals surface area (Å²) in [7, 11) is -1.82. The van der Waals surface area contributed by atoms with Crippen LogP contribution in [0.2, 0.25) is 0 Å². The number of aromatic nitrogens is 1. The number of hydrogen-bond acceptors (Lipinski definition) is 5. The molecule has 0 aliphatic rings. The van der Waals surface area contributed by atoms with E-state index in [2.05, 4.69) is 10.3 Å². The molecule has 0 radical (unpaired) electrons. The molecule has 2 heterocycles.